The number of aliphatic hydroxyl groups excluding tert-OH is 1. The van der Waals surface area contributed by atoms with Crippen molar-refractivity contribution in [3.05, 3.63) is 34.3 Å². The van der Waals surface area contributed by atoms with Crippen molar-refractivity contribution in [3.63, 3.8) is 0 Å². The third-order valence-electron chi connectivity index (χ3n) is 3.24. The number of piperazine rings is 1. The van der Waals surface area contributed by atoms with Crippen molar-refractivity contribution in [3.8, 4) is 0 Å². The van der Waals surface area contributed by atoms with E-state index in [9.17, 15) is 5.11 Å². The number of nitrogens with zero attached hydrogens (tertiary/aromatic N) is 2. The Balaban J connectivity index is 1.79. The zero-order valence-electron chi connectivity index (χ0n) is 10.6. The standard InChI is InChI=1S/C13H20BrN3O/c1-16-5-7-17(8-6-16)15-10-13(18)11-3-2-4-12(14)9-11/h2-4,9,13,15,18H,5-8,10H2,1H3. The molecular weight excluding hydrogens is 294 g/mol. The lowest BCUT2D eigenvalue weighted by molar-refractivity contribution is 0.0744. The summed E-state index contributed by atoms with van der Waals surface area (Å²) in [5, 5.41) is 12.3. The number of likely N-dealkylation sites (N-methyl/N-ethyl adjacent to an activating group) is 1. The van der Waals surface area contributed by atoms with E-state index in [1.807, 2.05) is 24.3 Å². The third-order valence-corrected chi connectivity index (χ3v) is 3.74. The van der Waals surface area contributed by atoms with Crippen molar-refractivity contribution in [1.82, 2.24) is 15.3 Å². The van der Waals surface area contributed by atoms with Gasteiger partial charge < -0.3 is 10.0 Å². The fourth-order valence-electron chi connectivity index (χ4n) is 2.01. The lowest BCUT2D eigenvalue weighted by Gasteiger charge is -2.33. The normalized spacial score (nSPS) is 19.9. The molecule has 18 heavy (non-hydrogen) atoms. The highest BCUT2D eigenvalue weighted by Crippen LogP contribution is 2.17. The maximum atomic E-state index is 10.1. The van der Waals surface area contributed by atoms with Crippen molar-refractivity contribution in [1.29, 1.82) is 0 Å². The van der Waals surface area contributed by atoms with Gasteiger partial charge in [0, 0.05) is 37.2 Å². The molecule has 0 saturated carbocycles. The number of halogens is 1. The van der Waals surface area contributed by atoms with Crippen LogP contribution in [-0.4, -0.2) is 54.8 Å². The Morgan fingerprint density at radius 1 is 1.33 bits per heavy atom. The number of hydrogen-bond donors (Lipinski definition) is 2. The van der Waals surface area contributed by atoms with Gasteiger partial charge in [-0.3, -0.25) is 5.43 Å². The monoisotopic (exact) mass is 313 g/mol. The summed E-state index contributed by atoms with van der Waals surface area (Å²) < 4.78 is 0.999. The molecule has 2 N–H and O–H groups in total. The summed E-state index contributed by atoms with van der Waals surface area (Å²) in [6, 6.07) is 7.81. The predicted molar refractivity (Wildman–Crippen MR) is 76.2 cm³/mol. The molecule has 0 radical (unpaired) electrons. The maximum Gasteiger partial charge on any atom is 0.0928 e. The van der Waals surface area contributed by atoms with Crippen LogP contribution in [0.1, 0.15) is 11.7 Å². The Bertz CT molecular complexity index is 380. The number of rotatable bonds is 4. The molecule has 1 atom stereocenters. The second-order valence-corrected chi connectivity index (χ2v) is 5.64. The van der Waals surface area contributed by atoms with E-state index in [2.05, 4.69) is 38.3 Å². The molecule has 1 fully saturated rings. The lowest BCUT2D eigenvalue weighted by Crippen LogP contribution is -2.51. The molecule has 1 aliphatic heterocycles. The first-order valence-corrected chi connectivity index (χ1v) is 7.05. The Hall–Kier alpha value is -0.460. The van der Waals surface area contributed by atoms with E-state index in [0.717, 1.165) is 36.2 Å². The molecular formula is C13H20BrN3O. The number of hydrogen-bond acceptors (Lipinski definition) is 4. The zero-order chi connectivity index (χ0) is 13.0. The van der Waals surface area contributed by atoms with Crippen molar-refractivity contribution in [2.45, 2.75) is 6.10 Å². The molecule has 0 aliphatic carbocycles. The Morgan fingerprint density at radius 2 is 2.06 bits per heavy atom. The van der Waals surface area contributed by atoms with E-state index in [-0.39, 0.29) is 0 Å². The van der Waals surface area contributed by atoms with Crippen LogP contribution in [0, 0.1) is 0 Å². The van der Waals surface area contributed by atoms with Crippen LogP contribution in [0.3, 0.4) is 0 Å². The number of hydrazine groups is 1. The van der Waals surface area contributed by atoms with E-state index < -0.39 is 6.10 Å². The van der Waals surface area contributed by atoms with Gasteiger partial charge in [-0.15, -0.1) is 0 Å². The summed E-state index contributed by atoms with van der Waals surface area (Å²) in [5.74, 6) is 0. The summed E-state index contributed by atoms with van der Waals surface area (Å²) in [4.78, 5) is 2.31. The fraction of sp³-hybridized carbons (Fsp3) is 0.538. The molecule has 1 aliphatic rings. The summed E-state index contributed by atoms with van der Waals surface area (Å²) in [6.07, 6.45) is -0.470. The van der Waals surface area contributed by atoms with Gasteiger partial charge in [0.15, 0.2) is 0 Å². The average Bonchev–Trinajstić information content (AvgIpc) is 2.38. The number of aliphatic hydroxyl groups is 1. The highest BCUT2D eigenvalue weighted by atomic mass is 79.9. The topological polar surface area (TPSA) is 38.7 Å². The Labute approximate surface area is 117 Å². The van der Waals surface area contributed by atoms with E-state index in [0.29, 0.717) is 6.54 Å². The van der Waals surface area contributed by atoms with E-state index >= 15 is 0 Å². The third kappa shape index (κ3) is 4.03. The van der Waals surface area contributed by atoms with Crippen molar-refractivity contribution >= 4 is 15.9 Å². The smallest absolute Gasteiger partial charge is 0.0928 e. The molecule has 0 aromatic heterocycles. The van der Waals surface area contributed by atoms with Crippen LogP contribution >= 0.6 is 15.9 Å². The first kappa shape index (κ1) is 14.0. The molecule has 2 rings (SSSR count). The van der Waals surface area contributed by atoms with Crippen LogP contribution in [0.4, 0.5) is 0 Å². The van der Waals surface area contributed by atoms with Gasteiger partial charge >= 0.3 is 0 Å². The molecule has 100 valence electrons. The number of nitrogens with one attached hydrogen (secondary N) is 1. The van der Waals surface area contributed by atoms with Crippen LogP contribution in [0.2, 0.25) is 0 Å². The van der Waals surface area contributed by atoms with Gasteiger partial charge in [0.05, 0.1) is 6.10 Å². The quantitative estimate of drug-likeness (QED) is 0.877. The molecule has 1 heterocycles. The van der Waals surface area contributed by atoms with Crippen LogP contribution < -0.4 is 5.43 Å². The second-order valence-electron chi connectivity index (χ2n) is 4.72. The highest BCUT2D eigenvalue weighted by molar-refractivity contribution is 9.10. The van der Waals surface area contributed by atoms with Crippen LogP contribution in [0.25, 0.3) is 0 Å². The Morgan fingerprint density at radius 3 is 2.72 bits per heavy atom. The first-order valence-electron chi connectivity index (χ1n) is 6.25. The first-order chi connectivity index (χ1) is 8.65. The molecule has 0 spiro atoms. The minimum absolute atomic E-state index is 0.470. The SMILES string of the molecule is CN1CCN(NCC(O)c2cccc(Br)c2)CC1. The van der Waals surface area contributed by atoms with Crippen molar-refractivity contribution in [2.75, 3.05) is 39.8 Å². The van der Waals surface area contributed by atoms with Gasteiger partial charge in [-0.1, -0.05) is 28.1 Å². The van der Waals surface area contributed by atoms with E-state index in [1.165, 1.54) is 0 Å². The van der Waals surface area contributed by atoms with Gasteiger partial charge in [0.2, 0.25) is 0 Å². The van der Waals surface area contributed by atoms with Gasteiger partial charge in [-0.25, -0.2) is 5.01 Å². The summed E-state index contributed by atoms with van der Waals surface area (Å²) in [6.45, 7) is 4.70. The largest absolute Gasteiger partial charge is 0.387 e. The predicted octanol–water partition coefficient (Wildman–Crippen LogP) is 1.23. The molecule has 1 saturated heterocycles. The summed E-state index contributed by atoms with van der Waals surface area (Å²) in [7, 11) is 2.13. The number of benzene rings is 1. The van der Waals surface area contributed by atoms with Gasteiger partial charge in [-0.05, 0) is 24.7 Å². The van der Waals surface area contributed by atoms with Gasteiger partial charge in [0.1, 0.15) is 0 Å². The van der Waals surface area contributed by atoms with E-state index in [4.69, 9.17) is 0 Å². The summed E-state index contributed by atoms with van der Waals surface area (Å²) in [5.41, 5.74) is 4.24. The van der Waals surface area contributed by atoms with Crippen LogP contribution in [-0.2, 0) is 0 Å². The fourth-order valence-corrected chi connectivity index (χ4v) is 2.43. The Kier molecular flexibility index (Phi) is 5.14. The molecule has 4 nitrogen and oxygen atoms in total. The summed E-state index contributed by atoms with van der Waals surface area (Å²) >= 11 is 3.42. The molecule has 1 unspecified atom stereocenters. The van der Waals surface area contributed by atoms with Crippen LogP contribution in [0.15, 0.2) is 28.7 Å². The molecule has 5 heteroatoms. The van der Waals surface area contributed by atoms with Gasteiger partial charge in [0.25, 0.3) is 0 Å². The minimum Gasteiger partial charge on any atom is -0.387 e. The highest BCUT2D eigenvalue weighted by Gasteiger charge is 2.15. The van der Waals surface area contributed by atoms with Crippen LogP contribution in [0.5, 0.6) is 0 Å². The van der Waals surface area contributed by atoms with E-state index in [1.54, 1.807) is 0 Å². The molecule has 0 bridgehead atoms. The van der Waals surface area contributed by atoms with Crippen molar-refractivity contribution < 1.29 is 5.11 Å². The second kappa shape index (κ2) is 6.63. The lowest BCUT2D eigenvalue weighted by atomic mass is 10.1. The average molecular weight is 314 g/mol. The van der Waals surface area contributed by atoms with Crippen molar-refractivity contribution in [2.24, 2.45) is 0 Å². The molecule has 0 amide bonds. The maximum absolute atomic E-state index is 10.1. The molecule has 1 aromatic carbocycles. The molecule has 1 aromatic rings. The van der Waals surface area contributed by atoms with Gasteiger partial charge in [-0.2, -0.15) is 0 Å². The minimum atomic E-state index is -0.470. The zero-order valence-corrected chi connectivity index (χ0v) is 12.2.